The van der Waals surface area contributed by atoms with Crippen molar-refractivity contribution in [1.82, 2.24) is 0 Å². The van der Waals surface area contributed by atoms with Crippen LogP contribution in [0.25, 0.3) is 0 Å². The minimum atomic E-state index is -4.18. The summed E-state index contributed by atoms with van der Waals surface area (Å²) in [7, 11) is -2.69. The van der Waals surface area contributed by atoms with Crippen molar-refractivity contribution in [1.29, 1.82) is 0 Å². The van der Waals surface area contributed by atoms with E-state index < -0.39 is 20.8 Å². The Balaban J connectivity index is 2.28. The Morgan fingerprint density at radius 1 is 0.947 bits per heavy atom. The topological polar surface area (TPSA) is 52.6 Å². The molecule has 0 aliphatic rings. The molecule has 0 fully saturated rings. The van der Waals surface area contributed by atoms with Crippen molar-refractivity contribution in [3.8, 4) is 11.5 Å². The Morgan fingerprint density at radius 3 is 2.11 bits per heavy atom. The van der Waals surface area contributed by atoms with Crippen molar-refractivity contribution in [2.75, 3.05) is 7.11 Å². The van der Waals surface area contributed by atoms with Gasteiger partial charge in [0.25, 0.3) is 0 Å². The maximum absolute atomic E-state index is 13.4. The van der Waals surface area contributed by atoms with E-state index in [-0.39, 0.29) is 5.75 Å². The summed E-state index contributed by atoms with van der Waals surface area (Å²) in [6, 6.07) is 11.0. The van der Waals surface area contributed by atoms with E-state index in [9.17, 15) is 12.8 Å². The summed E-state index contributed by atoms with van der Waals surface area (Å²) in [6.45, 7) is 0. The Labute approximate surface area is 110 Å². The molecule has 2 rings (SSSR count). The zero-order valence-electron chi connectivity index (χ0n) is 10.0. The third-order valence-electron chi connectivity index (χ3n) is 2.37. The highest BCUT2D eigenvalue weighted by Crippen LogP contribution is 2.22. The Kier molecular flexibility index (Phi) is 3.71. The first-order valence-electron chi connectivity index (χ1n) is 5.36. The first-order valence-corrected chi connectivity index (χ1v) is 6.77. The summed E-state index contributed by atoms with van der Waals surface area (Å²) in [5.74, 6) is -0.198. The lowest BCUT2D eigenvalue weighted by atomic mass is 10.3. The summed E-state index contributed by atoms with van der Waals surface area (Å²) in [5, 5.41) is 0. The van der Waals surface area contributed by atoms with E-state index in [1.807, 2.05) is 0 Å². The predicted octanol–water partition coefficient (Wildman–Crippen LogP) is 2.60. The molecule has 0 spiro atoms. The lowest BCUT2D eigenvalue weighted by Gasteiger charge is -2.08. The van der Waals surface area contributed by atoms with Gasteiger partial charge in [0, 0.05) is 0 Å². The number of benzene rings is 2. The third kappa shape index (κ3) is 3.03. The van der Waals surface area contributed by atoms with E-state index in [2.05, 4.69) is 0 Å². The van der Waals surface area contributed by atoms with Crippen molar-refractivity contribution >= 4 is 10.1 Å². The minimum absolute atomic E-state index is 0.0871. The van der Waals surface area contributed by atoms with Gasteiger partial charge in [-0.15, -0.1) is 0 Å². The van der Waals surface area contributed by atoms with Crippen LogP contribution >= 0.6 is 0 Å². The van der Waals surface area contributed by atoms with Gasteiger partial charge in [-0.2, -0.15) is 8.42 Å². The van der Waals surface area contributed by atoms with Gasteiger partial charge in [0.05, 0.1) is 7.11 Å². The van der Waals surface area contributed by atoms with E-state index in [0.717, 1.165) is 12.1 Å². The number of halogens is 1. The second kappa shape index (κ2) is 5.27. The van der Waals surface area contributed by atoms with Crippen LogP contribution in [0.1, 0.15) is 0 Å². The highest BCUT2D eigenvalue weighted by atomic mass is 32.2. The lowest BCUT2D eigenvalue weighted by molar-refractivity contribution is 0.413. The smallest absolute Gasteiger partial charge is 0.342 e. The fraction of sp³-hybridized carbons (Fsp3) is 0.0769. The highest BCUT2D eigenvalue weighted by molar-refractivity contribution is 7.87. The van der Waals surface area contributed by atoms with E-state index in [0.29, 0.717) is 5.75 Å². The van der Waals surface area contributed by atoms with Crippen LogP contribution in [0.2, 0.25) is 0 Å². The van der Waals surface area contributed by atoms with Crippen molar-refractivity contribution in [2.24, 2.45) is 0 Å². The van der Waals surface area contributed by atoms with E-state index in [4.69, 9.17) is 8.92 Å². The molecule has 0 unspecified atom stereocenters. The second-order valence-corrected chi connectivity index (χ2v) is 5.16. The quantitative estimate of drug-likeness (QED) is 0.809. The molecule has 4 nitrogen and oxygen atoms in total. The van der Waals surface area contributed by atoms with Crippen molar-refractivity contribution in [3.63, 3.8) is 0 Å². The lowest BCUT2D eigenvalue weighted by Crippen LogP contribution is -2.11. The van der Waals surface area contributed by atoms with E-state index >= 15 is 0 Å². The highest BCUT2D eigenvalue weighted by Gasteiger charge is 2.20. The molecule has 0 saturated heterocycles. The predicted molar refractivity (Wildman–Crippen MR) is 67.2 cm³/mol. The fourth-order valence-corrected chi connectivity index (χ4v) is 2.46. The monoisotopic (exact) mass is 282 g/mol. The van der Waals surface area contributed by atoms with Crippen LogP contribution in [0, 0.1) is 5.82 Å². The zero-order valence-corrected chi connectivity index (χ0v) is 10.9. The first-order chi connectivity index (χ1) is 9.03. The van der Waals surface area contributed by atoms with Crippen LogP contribution in [0.5, 0.6) is 11.5 Å². The number of rotatable bonds is 4. The van der Waals surface area contributed by atoms with Crippen LogP contribution in [-0.2, 0) is 10.1 Å². The standard InChI is InChI=1S/C13H11FO4S/c1-17-10-6-8-11(9-7-10)18-19(15,16)13-5-3-2-4-12(13)14/h2-9H,1H3. The summed E-state index contributed by atoms with van der Waals surface area (Å²) in [6.07, 6.45) is 0. The molecule has 19 heavy (non-hydrogen) atoms. The fourth-order valence-electron chi connectivity index (χ4n) is 1.45. The van der Waals surface area contributed by atoms with Gasteiger partial charge in [0.15, 0.2) is 0 Å². The molecule has 100 valence electrons. The SMILES string of the molecule is COc1ccc(OS(=O)(=O)c2ccccc2F)cc1. The zero-order chi connectivity index (χ0) is 13.9. The number of ether oxygens (including phenoxy) is 1. The van der Waals surface area contributed by atoms with Gasteiger partial charge in [-0.25, -0.2) is 4.39 Å². The van der Waals surface area contributed by atoms with E-state index in [1.165, 1.54) is 31.4 Å². The molecule has 0 aromatic heterocycles. The van der Waals surface area contributed by atoms with Gasteiger partial charge >= 0.3 is 10.1 Å². The van der Waals surface area contributed by atoms with Gasteiger partial charge in [-0.3, -0.25) is 0 Å². The molecular weight excluding hydrogens is 271 g/mol. The summed E-state index contributed by atoms with van der Waals surface area (Å²) in [4.78, 5) is -0.495. The molecule has 2 aromatic carbocycles. The van der Waals surface area contributed by atoms with Crippen LogP contribution in [-0.4, -0.2) is 15.5 Å². The first kappa shape index (κ1) is 13.4. The minimum Gasteiger partial charge on any atom is -0.497 e. The second-order valence-electron chi connectivity index (χ2n) is 3.64. The van der Waals surface area contributed by atoms with Gasteiger partial charge in [-0.05, 0) is 36.4 Å². The molecular formula is C13H11FO4S. The van der Waals surface area contributed by atoms with Crippen LogP contribution in [0.3, 0.4) is 0 Å². The average molecular weight is 282 g/mol. The molecule has 0 aliphatic carbocycles. The molecule has 0 aliphatic heterocycles. The molecule has 0 heterocycles. The molecule has 0 radical (unpaired) electrons. The molecule has 0 N–H and O–H groups in total. The largest absolute Gasteiger partial charge is 0.497 e. The van der Waals surface area contributed by atoms with Crippen molar-refractivity contribution < 1.29 is 21.7 Å². The molecule has 0 bridgehead atoms. The summed E-state index contributed by atoms with van der Waals surface area (Å²) < 4.78 is 47.0. The van der Waals surface area contributed by atoms with Crippen molar-refractivity contribution in [2.45, 2.75) is 4.90 Å². The molecule has 6 heteroatoms. The molecule has 2 aromatic rings. The Morgan fingerprint density at radius 2 is 1.53 bits per heavy atom. The van der Waals surface area contributed by atoms with Crippen molar-refractivity contribution in [3.05, 3.63) is 54.3 Å². The van der Waals surface area contributed by atoms with Gasteiger partial charge < -0.3 is 8.92 Å². The molecule has 0 saturated carbocycles. The average Bonchev–Trinajstić information content (AvgIpc) is 2.39. The number of methoxy groups -OCH3 is 1. The number of hydrogen-bond donors (Lipinski definition) is 0. The molecule has 0 amide bonds. The van der Waals surface area contributed by atoms with Crippen LogP contribution in [0.4, 0.5) is 4.39 Å². The summed E-state index contributed by atoms with van der Waals surface area (Å²) in [5.41, 5.74) is 0. The third-order valence-corrected chi connectivity index (χ3v) is 3.65. The summed E-state index contributed by atoms with van der Waals surface area (Å²) >= 11 is 0. The maximum atomic E-state index is 13.4. The van der Waals surface area contributed by atoms with E-state index in [1.54, 1.807) is 12.1 Å². The van der Waals surface area contributed by atoms with Gasteiger partial charge in [0.2, 0.25) is 0 Å². The van der Waals surface area contributed by atoms with Gasteiger partial charge in [-0.1, -0.05) is 12.1 Å². The maximum Gasteiger partial charge on any atom is 0.342 e. The number of hydrogen-bond acceptors (Lipinski definition) is 4. The molecule has 0 atom stereocenters. The Bertz CT molecular complexity index is 665. The van der Waals surface area contributed by atoms with Gasteiger partial charge in [0.1, 0.15) is 22.2 Å². The van der Waals surface area contributed by atoms with Crippen LogP contribution < -0.4 is 8.92 Å². The normalized spacial score (nSPS) is 11.1. The Hall–Kier alpha value is -2.08. The van der Waals surface area contributed by atoms with Crippen LogP contribution in [0.15, 0.2) is 53.4 Å².